The summed E-state index contributed by atoms with van der Waals surface area (Å²) in [6.07, 6.45) is 13.4. The maximum absolute atomic E-state index is 12.3. The van der Waals surface area contributed by atoms with Crippen LogP contribution in [-0.4, -0.2) is 15.6 Å². The Morgan fingerprint density at radius 1 is 1.25 bits per heavy atom. The van der Waals surface area contributed by atoms with Crippen molar-refractivity contribution in [3.63, 3.8) is 0 Å². The molecule has 2 aliphatic carbocycles. The van der Waals surface area contributed by atoms with E-state index in [1.54, 1.807) is 6.20 Å². The van der Waals surface area contributed by atoms with Crippen molar-refractivity contribution in [3.8, 4) is 0 Å². The molecule has 1 aromatic rings. The molecule has 1 heterocycles. The van der Waals surface area contributed by atoms with Crippen LogP contribution in [0.2, 0.25) is 0 Å². The summed E-state index contributed by atoms with van der Waals surface area (Å²) < 4.78 is 1.85. The maximum Gasteiger partial charge on any atom is 0.293 e. The highest BCUT2D eigenvalue weighted by molar-refractivity contribution is 5.32. The fourth-order valence-electron chi connectivity index (χ4n) is 3.36. The molecule has 4 heteroatoms. The van der Waals surface area contributed by atoms with Crippen molar-refractivity contribution < 1.29 is 0 Å². The van der Waals surface area contributed by atoms with Crippen LogP contribution >= 0.6 is 0 Å². The third-order valence-corrected chi connectivity index (χ3v) is 4.69. The highest BCUT2D eigenvalue weighted by atomic mass is 16.1. The number of hydrogen-bond acceptors (Lipinski definition) is 3. The van der Waals surface area contributed by atoms with Gasteiger partial charge in [0.2, 0.25) is 0 Å². The Morgan fingerprint density at radius 2 is 2.00 bits per heavy atom. The topological polar surface area (TPSA) is 46.9 Å². The van der Waals surface area contributed by atoms with Gasteiger partial charge in [0.15, 0.2) is 5.82 Å². The molecule has 20 heavy (non-hydrogen) atoms. The van der Waals surface area contributed by atoms with E-state index in [1.165, 1.54) is 38.5 Å². The lowest BCUT2D eigenvalue weighted by atomic mass is 9.83. The van der Waals surface area contributed by atoms with Crippen molar-refractivity contribution in [1.29, 1.82) is 0 Å². The first kappa shape index (κ1) is 13.7. The van der Waals surface area contributed by atoms with E-state index in [9.17, 15) is 4.79 Å². The highest BCUT2D eigenvalue weighted by Gasteiger charge is 2.26. The summed E-state index contributed by atoms with van der Waals surface area (Å²) >= 11 is 0. The third kappa shape index (κ3) is 3.05. The van der Waals surface area contributed by atoms with Gasteiger partial charge >= 0.3 is 0 Å². The van der Waals surface area contributed by atoms with Crippen LogP contribution in [-0.2, 0) is 0 Å². The van der Waals surface area contributed by atoms with Crippen molar-refractivity contribution in [1.82, 2.24) is 9.55 Å². The number of anilines is 1. The molecular formula is C16H25N3O. The minimum Gasteiger partial charge on any atom is -0.363 e. The van der Waals surface area contributed by atoms with E-state index in [0.29, 0.717) is 17.9 Å². The summed E-state index contributed by atoms with van der Waals surface area (Å²) in [6, 6.07) is 0.852. The van der Waals surface area contributed by atoms with Gasteiger partial charge in [-0.2, -0.15) is 0 Å². The maximum atomic E-state index is 12.3. The molecule has 0 amide bonds. The van der Waals surface area contributed by atoms with Gasteiger partial charge in [0.1, 0.15) is 0 Å². The Morgan fingerprint density at radius 3 is 2.65 bits per heavy atom. The normalized spacial score (nSPS) is 26.4. The lowest BCUT2D eigenvalue weighted by molar-refractivity contribution is 0.318. The molecule has 0 aliphatic heterocycles. The van der Waals surface area contributed by atoms with Gasteiger partial charge in [-0.25, -0.2) is 4.98 Å². The standard InChI is InChI=1S/C16H25N3O/c1-2-3-12-4-6-13(7-5-12)18-15-16(20)19(11-10-17-15)14-8-9-14/h10-14H,2-9H2,1H3,(H,17,18). The fourth-order valence-corrected chi connectivity index (χ4v) is 3.36. The molecule has 1 N–H and O–H groups in total. The summed E-state index contributed by atoms with van der Waals surface area (Å²) in [5, 5.41) is 3.39. The molecule has 3 rings (SSSR count). The second-order valence-corrected chi connectivity index (χ2v) is 6.37. The van der Waals surface area contributed by atoms with Crippen LogP contribution in [0.1, 0.15) is 64.3 Å². The number of hydrogen-bond donors (Lipinski definition) is 1. The second-order valence-electron chi connectivity index (χ2n) is 6.37. The molecule has 0 saturated heterocycles. The zero-order valence-corrected chi connectivity index (χ0v) is 12.3. The van der Waals surface area contributed by atoms with Gasteiger partial charge < -0.3 is 9.88 Å². The quantitative estimate of drug-likeness (QED) is 0.896. The van der Waals surface area contributed by atoms with Gasteiger partial charge in [-0.3, -0.25) is 4.79 Å². The van der Waals surface area contributed by atoms with E-state index >= 15 is 0 Å². The molecule has 110 valence electrons. The van der Waals surface area contributed by atoms with Crippen molar-refractivity contribution >= 4 is 5.82 Å². The van der Waals surface area contributed by atoms with Gasteiger partial charge in [0.05, 0.1) is 0 Å². The summed E-state index contributed by atoms with van der Waals surface area (Å²) in [4.78, 5) is 16.6. The van der Waals surface area contributed by atoms with Crippen molar-refractivity contribution in [2.45, 2.75) is 70.4 Å². The Bertz CT molecular complexity index is 499. The Labute approximate surface area is 120 Å². The van der Waals surface area contributed by atoms with Gasteiger partial charge in [0, 0.05) is 24.5 Å². The number of rotatable bonds is 5. The molecule has 0 atom stereocenters. The molecule has 2 saturated carbocycles. The van der Waals surface area contributed by atoms with Crippen molar-refractivity contribution in [2.75, 3.05) is 5.32 Å². The average Bonchev–Trinajstić information content (AvgIpc) is 3.28. The molecule has 1 aromatic heterocycles. The smallest absolute Gasteiger partial charge is 0.293 e. The lowest BCUT2D eigenvalue weighted by Gasteiger charge is -2.29. The molecule has 4 nitrogen and oxygen atoms in total. The number of nitrogens with one attached hydrogen (secondary N) is 1. The SMILES string of the molecule is CCCC1CCC(Nc2nccn(C3CC3)c2=O)CC1. The second kappa shape index (κ2) is 5.98. The zero-order valence-electron chi connectivity index (χ0n) is 12.3. The first-order chi connectivity index (χ1) is 9.78. The average molecular weight is 275 g/mol. The van der Waals surface area contributed by atoms with Gasteiger partial charge in [-0.1, -0.05) is 19.8 Å². The Balaban J connectivity index is 1.61. The zero-order chi connectivity index (χ0) is 13.9. The summed E-state index contributed by atoms with van der Waals surface area (Å²) in [5.74, 6) is 1.45. The largest absolute Gasteiger partial charge is 0.363 e. The van der Waals surface area contributed by atoms with Gasteiger partial charge in [-0.05, 0) is 44.4 Å². The highest BCUT2D eigenvalue weighted by Crippen LogP contribution is 2.33. The Hall–Kier alpha value is -1.32. The van der Waals surface area contributed by atoms with E-state index in [1.807, 2.05) is 10.8 Å². The van der Waals surface area contributed by atoms with Crippen LogP contribution in [0.5, 0.6) is 0 Å². The van der Waals surface area contributed by atoms with E-state index < -0.39 is 0 Å². The van der Waals surface area contributed by atoms with Crippen LogP contribution in [0.3, 0.4) is 0 Å². The minimum absolute atomic E-state index is 0.0608. The van der Waals surface area contributed by atoms with Gasteiger partial charge in [0.25, 0.3) is 5.56 Å². The first-order valence-corrected chi connectivity index (χ1v) is 8.11. The summed E-state index contributed by atoms with van der Waals surface area (Å²) in [5.41, 5.74) is 0.0608. The van der Waals surface area contributed by atoms with Gasteiger partial charge in [-0.15, -0.1) is 0 Å². The lowest BCUT2D eigenvalue weighted by Crippen LogP contribution is -2.31. The van der Waals surface area contributed by atoms with Crippen LogP contribution in [0.15, 0.2) is 17.2 Å². The summed E-state index contributed by atoms with van der Waals surface area (Å²) in [7, 11) is 0. The Kier molecular flexibility index (Phi) is 4.08. The van der Waals surface area contributed by atoms with Crippen LogP contribution in [0, 0.1) is 5.92 Å². The van der Waals surface area contributed by atoms with E-state index in [4.69, 9.17) is 0 Å². The third-order valence-electron chi connectivity index (χ3n) is 4.69. The number of nitrogens with zero attached hydrogens (tertiary/aromatic N) is 2. The van der Waals surface area contributed by atoms with Crippen LogP contribution in [0.4, 0.5) is 5.82 Å². The molecule has 0 bridgehead atoms. The molecule has 0 aromatic carbocycles. The van der Waals surface area contributed by atoms with Crippen LogP contribution in [0.25, 0.3) is 0 Å². The number of aromatic nitrogens is 2. The molecule has 0 radical (unpaired) electrons. The van der Waals surface area contributed by atoms with Crippen molar-refractivity contribution in [2.24, 2.45) is 5.92 Å². The molecular weight excluding hydrogens is 250 g/mol. The first-order valence-electron chi connectivity index (χ1n) is 8.11. The molecule has 2 aliphatic rings. The summed E-state index contributed by atoms with van der Waals surface area (Å²) in [6.45, 7) is 2.26. The van der Waals surface area contributed by atoms with E-state index in [2.05, 4.69) is 17.2 Å². The minimum atomic E-state index is 0.0608. The van der Waals surface area contributed by atoms with E-state index in [0.717, 1.165) is 18.8 Å². The molecule has 0 unspecified atom stereocenters. The predicted octanol–water partition coefficient (Wildman–Crippen LogP) is 3.35. The molecule has 2 fully saturated rings. The molecule has 0 spiro atoms. The fraction of sp³-hybridized carbons (Fsp3) is 0.750. The van der Waals surface area contributed by atoms with Crippen molar-refractivity contribution in [3.05, 3.63) is 22.7 Å². The monoisotopic (exact) mass is 275 g/mol. The van der Waals surface area contributed by atoms with E-state index in [-0.39, 0.29) is 5.56 Å². The van der Waals surface area contributed by atoms with Crippen LogP contribution < -0.4 is 10.9 Å². The predicted molar refractivity (Wildman–Crippen MR) is 81.0 cm³/mol.